The van der Waals surface area contributed by atoms with Crippen LogP contribution in [0.15, 0.2) is 24.3 Å². The number of amides is 1. The molecule has 3 rings (SSSR count). The Balaban J connectivity index is 1.47. The third kappa shape index (κ3) is 4.00. The molecule has 1 aliphatic rings. The van der Waals surface area contributed by atoms with Gasteiger partial charge in [0.05, 0.1) is 17.0 Å². The lowest BCUT2D eigenvalue weighted by Crippen LogP contribution is -2.36. The number of carboxylic acid groups (broad SMARTS) is 1. The molecule has 0 aliphatic heterocycles. The molecule has 0 saturated heterocycles. The van der Waals surface area contributed by atoms with E-state index in [2.05, 4.69) is 20.9 Å². The molecule has 1 amide bonds. The average molecular weight is 343 g/mol. The molecule has 2 atom stereocenters. The summed E-state index contributed by atoms with van der Waals surface area (Å²) < 4.78 is 2.09. The van der Waals surface area contributed by atoms with Gasteiger partial charge in [-0.1, -0.05) is 18.6 Å². The predicted octanol–water partition coefficient (Wildman–Crippen LogP) is 2.51. The number of nitrogens with one attached hydrogen (secondary N) is 1. The lowest BCUT2D eigenvalue weighted by atomic mass is 9.81. The van der Waals surface area contributed by atoms with Gasteiger partial charge in [-0.15, -0.1) is 0 Å². The number of hydrogen-bond donors (Lipinski definition) is 2. The summed E-state index contributed by atoms with van der Waals surface area (Å²) in [5.41, 5.74) is 2.11. The third-order valence-electron chi connectivity index (χ3n) is 5.15. The Hall–Kier alpha value is -2.37. The first-order chi connectivity index (χ1) is 12.1. The summed E-state index contributed by atoms with van der Waals surface area (Å²) in [7, 11) is 2.01. The third-order valence-corrected chi connectivity index (χ3v) is 5.15. The van der Waals surface area contributed by atoms with Gasteiger partial charge >= 0.3 is 5.97 Å². The van der Waals surface area contributed by atoms with Gasteiger partial charge in [0.1, 0.15) is 5.82 Å². The fourth-order valence-electron chi connectivity index (χ4n) is 3.67. The Labute approximate surface area is 147 Å². The molecule has 134 valence electrons. The molecule has 1 heterocycles. The minimum Gasteiger partial charge on any atom is -0.481 e. The van der Waals surface area contributed by atoms with E-state index in [1.165, 1.54) is 0 Å². The second-order valence-electron chi connectivity index (χ2n) is 6.87. The molecule has 1 fully saturated rings. The van der Waals surface area contributed by atoms with Crippen LogP contribution >= 0.6 is 0 Å². The predicted molar refractivity (Wildman–Crippen MR) is 95.1 cm³/mol. The van der Waals surface area contributed by atoms with Crippen molar-refractivity contribution in [2.75, 3.05) is 6.54 Å². The average Bonchev–Trinajstić information content (AvgIpc) is 2.95. The maximum absolute atomic E-state index is 12.3. The van der Waals surface area contributed by atoms with Gasteiger partial charge in [-0.05, 0) is 37.8 Å². The monoisotopic (exact) mass is 343 g/mol. The number of carbonyl (C=O) groups excluding carboxylic acids is 1. The van der Waals surface area contributed by atoms with Crippen LogP contribution in [0.4, 0.5) is 0 Å². The van der Waals surface area contributed by atoms with Crippen molar-refractivity contribution in [2.24, 2.45) is 18.9 Å². The van der Waals surface area contributed by atoms with E-state index in [0.29, 0.717) is 19.4 Å². The van der Waals surface area contributed by atoms with E-state index in [9.17, 15) is 9.59 Å². The number of imidazole rings is 1. The number of carbonyl (C=O) groups is 2. The maximum atomic E-state index is 12.3. The highest BCUT2D eigenvalue weighted by molar-refractivity contribution is 5.80. The highest BCUT2D eigenvalue weighted by atomic mass is 16.4. The molecule has 1 aliphatic carbocycles. The van der Waals surface area contributed by atoms with Crippen molar-refractivity contribution in [1.82, 2.24) is 14.9 Å². The van der Waals surface area contributed by atoms with Crippen molar-refractivity contribution in [3.8, 4) is 0 Å². The molecule has 2 unspecified atom stereocenters. The zero-order valence-electron chi connectivity index (χ0n) is 14.6. The van der Waals surface area contributed by atoms with Gasteiger partial charge in [-0.3, -0.25) is 9.59 Å². The van der Waals surface area contributed by atoms with Gasteiger partial charge in [0, 0.05) is 25.9 Å². The molecule has 25 heavy (non-hydrogen) atoms. The smallest absolute Gasteiger partial charge is 0.306 e. The lowest BCUT2D eigenvalue weighted by Gasteiger charge is -2.25. The molecule has 6 heteroatoms. The van der Waals surface area contributed by atoms with Crippen LogP contribution in [-0.4, -0.2) is 33.1 Å². The second kappa shape index (κ2) is 7.68. The highest BCUT2D eigenvalue weighted by Crippen LogP contribution is 2.29. The number of hydrogen-bond acceptors (Lipinski definition) is 3. The Kier molecular flexibility index (Phi) is 5.36. The van der Waals surface area contributed by atoms with Crippen LogP contribution < -0.4 is 5.32 Å². The molecule has 0 radical (unpaired) electrons. The Bertz CT molecular complexity index is 768. The number of fused-ring (bicyclic) bond motifs is 1. The van der Waals surface area contributed by atoms with E-state index >= 15 is 0 Å². The van der Waals surface area contributed by atoms with Gasteiger partial charge in [0.15, 0.2) is 0 Å². The number of aliphatic carboxylic acids is 1. The number of nitrogens with zero attached hydrogens (tertiary/aromatic N) is 2. The molecular formula is C19H25N3O3. The number of aromatic nitrogens is 2. The number of para-hydroxylation sites is 2. The molecule has 1 saturated carbocycles. The Morgan fingerprint density at radius 3 is 2.80 bits per heavy atom. The van der Waals surface area contributed by atoms with Crippen molar-refractivity contribution >= 4 is 22.9 Å². The largest absolute Gasteiger partial charge is 0.481 e. The summed E-state index contributed by atoms with van der Waals surface area (Å²) in [6.45, 7) is 0.594. The molecule has 1 aromatic heterocycles. The fourth-order valence-corrected chi connectivity index (χ4v) is 3.67. The molecule has 6 nitrogen and oxygen atoms in total. The van der Waals surface area contributed by atoms with Crippen molar-refractivity contribution in [2.45, 2.75) is 38.5 Å². The van der Waals surface area contributed by atoms with Crippen molar-refractivity contribution in [1.29, 1.82) is 0 Å². The first kappa shape index (κ1) is 17.5. The van der Waals surface area contributed by atoms with Crippen LogP contribution in [0.5, 0.6) is 0 Å². The summed E-state index contributed by atoms with van der Waals surface area (Å²) in [6, 6.07) is 8.04. The number of benzene rings is 1. The van der Waals surface area contributed by atoms with Gasteiger partial charge < -0.3 is 15.0 Å². The van der Waals surface area contributed by atoms with Crippen molar-refractivity contribution in [3.63, 3.8) is 0 Å². The van der Waals surface area contributed by atoms with Gasteiger partial charge in [0.25, 0.3) is 0 Å². The molecule has 1 aromatic carbocycles. The second-order valence-corrected chi connectivity index (χ2v) is 6.87. The van der Waals surface area contributed by atoms with E-state index in [-0.39, 0.29) is 17.7 Å². The molecule has 2 N–H and O–H groups in total. The normalized spacial score (nSPS) is 20.5. The number of rotatable bonds is 6. The summed E-state index contributed by atoms with van der Waals surface area (Å²) in [5, 5.41) is 12.1. The van der Waals surface area contributed by atoms with Crippen LogP contribution in [0.3, 0.4) is 0 Å². The SMILES string of the molecule is Cn1c(CCCNC(=O)C2CCCC(C(=O)O)C2)nc2ccccc21. The van der Waals surface area contributed by atoms with E-state index in [1.807, 2.05) is 25.2 Å². The van der Waals surface area contributed by atoms with E-state index in [0.717, 1.165) is 42.5 Å². The minimum atomic E-state index is -0.778. The number of carboxylic acids is 1. The van der Waals surface area contributed by atoms with Crippen molar-refractivity contribution in [3.05, 3.63) is 30.1 Å². The molecule has 2 aromatic rings. The van der Waals surface area contributed by atoms with E-state index < -0.39 is 5.97 Å². The lowest BCUT2D eigenvalue weighted by molar-refractivity contribution is -0.144. The van der Waals surface area contributed by atoms with Gasteiger partial charge in [-0.2, -0.15) is 0 Å². The summed E-state index contributed by atoms with van der Waals surface area (Å²) in [5.74, 6) is -0.301. The quantitative estimate of drug-likeness (QED) is 0.789. The van der Waals surface area contributed by atoms with Crippen LogP contribution in [-0.2, 0) is 23.1 Å². The topological polar surface area (TPSA) is 84.2 Å². The summed E-state index contributed by atoms with van der Waals surface area (Å²) >= 11 is 0. The van der Waals surface area contributed by atoms with Crippen LogP contribution in [0.1, 0.15) is 37.9 Å². The Morgan fingerprint density at radius 1 is 1.28 bits per heavy atom. The zero-order chi connectivity index (χ0) is 17.8. The van der Waals surface area contributed by atoms with E-state index in [1.54, 1.807) is 0 Å². The van der Waals surface area contributed by atoms with Gasteiger partial charge in [-0.25, -0.2) is 4.98 Å². The van der Waals surface area contributed by atoms with Crippen LogP contribution in [0.2, 0.25) is 0 Å². The van der Waals surface area contributed by atoms with Crippen molar-refractivity contribution < 1.29 is 14.7 Å². The number of aryl methyl sites for hydroxylation is 2. The van der Waals surface area contributed by atoms with Gasteiger partial charge in [0.2, 0.25) is 5.91 Å². The standard InChI is InChI=1S/C19H25N3O3/c1-22-16-9-3-2-8-15(16)21-17(22)10-5-11-20-18(23)13-6-4-7-14(12-13)19(24)25/h2-3,8-9,13-14H,4-7,10-12H2,1H3,(H,20,23)(H,24,25). The first-order valence-electron chi connectivity index (χ1n) is 8.97. The van der Waals surface area contributed by atoms with E-state index in [4.69, 9.17) is 5.11 Å². The zero-order valence-corrected chi connectivity index (χ0v) is 14.6. The minimum absolute atomic E-state index is 0.00375. The molecule has 0 spiro atoms. The molecule has 0 bridgehead atoms. The fraction of sp³-hybridized carbons (Fsp3) is 0.526. The highest BCUT2D eigenvalue weighted by Gasteiger charge is 2.30. The van der Waals surface area contributed by atoms with Crippen LogP contribution in [0.25, 0.3) is 11.0 Å². The molecular weight excluding hydrogens is 318 g/mol. The van der Waals surface area contributed by atoms with Crippen LogP contribution in [0, 0.1) is 11.8 Å². The first-order valence-corrected chi connectivity index (χ1v) is 8.97. The Morgan fingerprint density at radius 2 is 2.04 bits per heavy atom. The summed E-state index contributed by atoms with van der Waals surface area (Å²) in [4.78, 5) is 28.0. The maximum Gasteiger partial charge on any atom is 0.306 e. The summed E-state index contributed by atoms with van der Waals surface area (Å²) in [6.07, 6.45) is 4.37.